The number of ether oxygens (including phenoxy) is 2. The van der Waals surface area contributed by atoms with Gasteiger partial charge in [0.05, 0.1) is 7.11 Å². The van der Waals surface area contributed by atoms with Gasteiger partial charge in [0.25, 0.3) is 6.43 Å². The number of benzene rings is 2. The second-order valence-electron chi connectivity index (χ2n) is 6.73. The minimum absolute atomic E-state index is 0.0386. The molecular formula is C23H23F3O4. The Balaban J connectivity index is 2.60. The number of hydrogen-bond donors (Lipinski definition) is 1. The Kier molecular flexibility index (Phi) is 8.09. The van der Waals surface area contributed by atoms with Crippen LogP contribution in [0.3, 0.4) is 0 Å². The lowest BCUT2D eigenvalue weighted by Gasteiger charge is -2.17. The molecule has 0 unspecified atom stereocenters. The van der Waals surface area contributed by atoms with Crippen molar-refractivity contribution < 1.29 is 32.5 Å². The molecule has 0 aromatic heterocycles. The van der Waals surface area contributed by atoms with Crippen LogP contribution in [0.2, 0.25) is 0 Å². The van der Waals surface area contributed by atoms with Crippen molar-refractivity contribution in [2.75, 3.05) is 13.7 Å². The molecule has 0 aliphatic rings. The number of carbonyl (C=O) groups is 1. The smallest absolute Gasteiger partial charge is 0.342 e. The van der Waals surface area contributed by atoms with Gasteiger partial charge < -0.3 is 14.6 Å². The minimum atomic E-state index is -2.71. The molecule has 2 aromatic rings. The van der Waals surface area contributed by atoms with Crippen LogP contribution in [0.1, 0.15) is 40.9 Å². The molecule has 4 nitrogen and oxygen atoms in total. The summed E-state index contributed by atoms with van der Waals surface area (Å²) in [4.78, 5) is 12.3. The fourth-order valence-corrected chi connectivity index (χ4v) is 2.70. The van der Waals surface area contributed by atoms with Gasteiger partial charge in [0.2, 0.25) is 0 Å². The van der Waals surface area contributed by atoms with Crippen molar-refractivity contribution in [3.05, 3.63) is 70.1 Å². The third kappa shape index (κ3) is 6.14. The van der Waals surface area contributed by atoms with Crippen molar-refractivity contribution in [3.63, 3.8) is 0 Å². The van der Waals surface area contributed by atoms with Gasteiger partial charge in [0.15, 0.2) is 0 Å². The number of phenols is 1. The number of alkyl halides is 2. The highest BCUT2D eigenvalue weighted by Crippen LogP contribution is 2.37. The van der Waals surface area contributed by atoms with E-state index in [1.54, 1.807) is 12.2 Å². The molecule has 0 atom stereocenters. The van der Waals surface area contributed by atoms with Crippen LogP contribution >= 0.6 is 0 Å². The Morgan fingerprint density at radius 3 is 2.40 bits per heavy atom. The van der Waals surface area contributed by atoms with Gasteiger partial charge in [0.1, 0.15) is 29.5 Å². The molecule has 7 heteroatoms. The third-order valence-electron chi connectivity index (χ3n) is 4.19. The molecule has 0 amide bonds. The van der Waals surface area contributed by atoms with Crippen LogP contribution in [0.4, 0.5) is 13.2 Å². The van der Waals surface area contributed by atoms with Crippen LogP contribution in [0.5, 0.6) is 11.5 Å². The summed E-state index contributed by atoms with van der Waals surface area (Å²) in [5, 5.41) is 10.8. The van der Waals surface area contributed by atoms with Crippen LogP contribution in [-0.2, 0) is 11.2 Å². The van der Waals surface area contributed by atoms with Crippen molar-refractivity contribution in [2.45, 2.75) is 26.7 Å². The summed E-state index contributed by atoms with van der Waals surface area (Å²) < 4.78 is 48.5. The molecule has 0 heterocycles. The van der Waals surface area contributed by atoms with Gasteiger partial charge in [-0.25, -0.2) is 18.0 Å². The number of allylic oxidation sites excluding steroid dienone is 2. The molecule has 30 heavy (non-hydrogen) atoms. The van der Waals surface area contributed by atoms with E-state index >= 15 is 0 Å². The molecule has 0 bridgehead atoms. The van der Waals surface area contributed by atoms with E-state index in [1.165, 1.54) is 43.5 Å². The molecule has 0 radical (unpaired) electrons. The Bertz CT molecular complexity index is 944. The van der Waals surface area contributed by atoms with Crippen LogP contribution in [-0.4, -0.2) is 31.2 Å². The quantitative estimate of drug-likeness (QED) is 0.341. The van der Waals surface area contributed by atoms with E-state index in [9.17, 15) is 23.1 Å². The summed E-state index contributed by atoms with van der Waals surface area (Å²) in [5.41, 5.74) is 1.88. The largest absolute Gasteiger partial charge is 0.507 e. The fourth-order valence-electron chi connectivity index (χ4n) is 2.70. The van der Waals surface area contributed by atoms with Gasteiger partial charge >= 0.3 is 5.97 Å². The monoisotopic (exact) mass is 420 g/mol. The molecule has 0 spiro atoms. The number of aromatic hydroxyl groups is 1. The number of carbonyl (C=O) groups excluding carboxylic acids is 1. The number of rotatable bonds is 8. The molecule has 1 N–H and O–H groups in total. The highest BCUT2D eigenvalue weighted by Gasteiger charge is 2.23. The highest BCUT2D eigenvalue weighted by atomic mass is 19.3. The summed E-state index contributed by atoms with van der Waals surface area (Å²) in [6, 6.07) is 7.01. The molecule has 0 saturated heterocycles. The Morgan fingerprint density at radius 1 is 1.17 bits per heavy atom. The van der Waals surface area contributed by atoms with E-state index in [2.05, 4.69) is 0 Å². The third-order valence-corrected chi connectivity index (χ3v) is 4.19. The van der Waals surface area contributed by atoms with Crippen molar-refractivity contribution in [3.8, 4) is 11.5 Å². The Labute approximate surface area is 173 Å². The summed E-state index contributed by atoms with van der Waals surface area (Å²) >= 11 is 0. The summed E-state index contributed by atoms with van der Waals surface area (Å²) in [5.74, 6) is -1.54. The number of esters is 1. The average molecular weight is 420 g/mol. The molecule has 2 rings (SSSR count). The SMILES string of the molecule is COC(=O)c1c(/C=C/c2ccc(F)cc2)cc(OCC(F)F)c(CC=C(C)C)c1O. The first-order valence-corrected chi connectivity index (χ1v) is 9.18. The predicted octanol–water partition coefficient (Wildman–Crippen LogP) is 5.64. The molecule has 2 aromatic carbocycles. The Morgan fingerprint density at radius 2 is 1.83 bits per heavy atom. The maximum atomic E-state index is 13.1. The predicted molar refractivity (Wildman–Crippen MR) is 109 cm³/mol. The van der Waals surface area contributed by atoms with Crippen molar-refractivity contribution in [2.24, 2.45) is 0 Å². The van der Waals surface area contributed by atoms with E-state index in [0.29, 0.717) is 5.56 Å². The second-order valence-corrected chi connectivity index (χ2v) is 6.73. The Hall–Kier alpha value is -3.22. The molecule has 160 valence electrons. The van der Waals surface area contributed by atoms with Gasteiger partial charge in [-0.2, -0.15) is 0 Å². The standard InChI is InChI=1S/C23H23F3O4/c1-14(2)4-11-18-19(30-13-20(25)26)12-16(21(22(18)27)23(28)29-3)8-5-15-6-9-17(24)10-7-15/h4-10,12,20,27H,11,13H2,1-3H3/b8-5+. The lowest BCUT2D eigenvalue weighted by molar-refractivity contribution is 0.0595. The van der Waals surface area contributed by atoms with Gasteiger partial charge in [-0.15, -0.1) is 0 Å². The summed E-state index contributed by atoms with van der Waals surface area (Å²) in [6.07, 6.45) is 2.34. The average Bonchev–Trinajstić information content (AvgIpc) is 2.70. The van der Waals surface area contributed by atoms with Gasteiger partial charge in [0, 0.05) is 5.56 Å². The van der Waals surface area contributed by atoms with Gasteiger partial charge in [-0.3, -0.25) is 0 Å². The first kappa shape index (κ1) is 23.1. The van der Waals surface area contributed by atoms with Crippen molar-refractivity contribution in [1.29, 1.82) is 0 Å². The summed E-state index contributed by atoms with van der Waals surface area (Å²) in [6.45, 7) is 2.83. The zero-order chi connectivity index (χ0) is 22.3. The van der Waals surface area contributed by atoms with E-state index < -0.39 is 30.6 Å². The highest BCUT2D eigenvalue weighted by molar-refractivity contribution is 5.98. The van der Waals surface area contributed by atoms with Crippen LogP contribution < -0.4 is 4.74 Å². The van der Waals surface area contributed by atoms with E-state index in [-0.39, 0.29) is 28.9 Å². The molecule has 0 fully saturated rings. The zero-order valence-electron chi connectivity index (χ0n) is 16.9. The fraction of sp³-hybridized carbons (Fsp3) is 0.261. The van der Waals surface area contributed by atoms with Crippen molar-refractivity contribution in [1.82, 2.24) is 0 Å². The molecular weight excluding hydrogens is 397 g/mol. The summed E-state index contributed by atoms with van der Waals surface area (Å²) in [7, 11) is 1.17. The zero-order valence-corrected chi connectivity index (χ0v) is 16.9. The lowest BCUT2D eigenvalue weighted by Crippen LogP contribution is -2.11. The maximum absolute atomic E-state index is 13.1. The van der Waals surface area contributed by atoms with E-state index in [4.69, 9.17) is 9.47 Å². The van der Waals surface area contributed by atoms with Gasteiger partial charge in [-0.05, 0) is 49.6 Å². The number of halogens is 3. The molecule has 0 aliphatic heterocycles. The molecule has 0 aliphatic carbocycles. The van der Waals surface area contributed by atoms with Crippen LogP contribution in [0, 0.1) is 5.82 Å². The maximum Gasteiger partial charge on any atom is 0.342 e. The minimum Gasteiger partial charge on any atom is -0.507 e. The molecule has 0 saturated carbocycles. The first-order chi connectivity index (χ1) is 14.2. The van der Waals surface area contributed by atoms with Crippen LogP contribution in [0.25, 0.3) is 12.2 Å². The van der Waals surface area contributed by atoms with Crippen molar-refractivity contribution >= 4 is 18.1 Å². The first-order valence-electron chi connectivity index (χ1n) is 9.18. The number of hydrogen-bond acceptors (Lipinski definition) is 4. The number of phenolic OH excluding ortho intramolecular Hbond substituents is 1. The normalized spacial score (nSPS) is 11.0. The lowest BCUT2D eigenvalue weighted by atomic mass is 9.97. The van der Waals surface area contributed by atoms with E-state index in [1.807, 2.05) is 13.8 Å². The number of methoxy groups -OCH3 is 1. The second kappa shape index (κ2) is 10.5. The van der Waals surface area contributed by atoms with E-state index in [0.717, 1.165) is 5.57 Å². The van der Waals surface area contributed by atoms with Crippen LogP contribution in [0.15, 0.2) is 42.0 Å². The topological polar surface area (TPSA) is 55.8 Å². The van der Waals surface area contributed by atoms with Gasteiger partial charge in [-0.1, -0.05) is 35.9 Å².